The van der Waals surface area contributed by atoms with Gasteiger partial charge in [-0.1, -0.05) is 25.7 Å². The van der Waals surface area contributed by atoms with Crippen molar-refractivity contribution in [3.8, 4) is 11.5 Å². The van der Waals surface area contributed by atoms with E-state index in [2.05, 4.69) is 15.5 Å². The van der Waals surface area contributed by atoms with Gasteiger partial charge in [-0.3, -0.25) is 9.89 Å². The molecule has 0 bridgehead atoms. The number of aromatic nitrogens is 2. The van der Waals surface area contributed by atoms with Gasteiger partial charge in [0.2, 0.25) is 0 Å². The van der Waals surface area contributed by atoms with Crippen molar-refractivity contribution in [3.05, 3.63) is 29.7 Å². The van der Waals surface area contributed by atoms with Crippen LogP contribution in [0.2, 0.25) is 0 Å². The van der Waals surface area contributed by atoms with E-state index in [4.69, 9.17) is 4.42 Å². The topological polar surface area (TPSA) is 70.9 Å². The highest BCUT2D eigenvalue weighted by atomic mass is 16.3. The molecule has 2 N–H and O–H groups in total. The van der Waals surface area contributed by atoms with Gasteiger partial charge in [0.15, 0.2) is 5.76 Å². The molecular formula is C16H21N3O2. The molecule has 0 atom stereocenters. The van der Waals surface area contributed by atoms with E-state index < -0.39 is 0 Å². The van der Waals surface area contributed by atoms with Crippen LogP contribution in [0.5, 0.6) is 0 Å². The van der Waals surface area contributed by atoms with Crippen LogP contribution in [0.4, 0.5) is 0 Å². The highest BCUT2D eigenvalue weighted by molar-refractivity contribution is 6.00. The van der Waals surface area contributed by atoms with E-state index in [9.17, 15) is 4.79 Å². The molecule has 0 saturated heterocycles. The largest absolute Gasteiger partial charge is 0.463 e. The molecule has 1 aliphatic rings. The third-order valence-corrected chi connectivity index (χ3v) is 4.12. The minimum absolute atomic E-state index is 0.0560. The molecule has 112 valence electrons. The first-order valence-corrected chi connectivity index (χ1v) is 7.65. The molecule has 2 aromatic heterocycles. The van der Waals surface area contributed by atoms with Gasteiger partial charge in [0.1, 0.15) is 5.69 Å². The smallest absolute Gasteiger partial charge is 0.255 e. The summed E-state index contributed by atoms with van der Waals surface area (Å²) < 4.78 is 5.37. The van der Waals surface area contributed by atoms with E-state index in [1.807, 2.05) is 13.0 Å². The van der Waals surface area contributed by atoms with Crippen molar-refractivity contribution in [2.45, 2.75) is 51.5 Å². The summed E-state index contributed by atoms with van der Waals surface area (Å²) in [4.78, 5) is 12.6. The maximum absolute atomic E-state index is 12.6. The summed E-state index contributed by atoms with van der Waals surface area (Å²) in [6.07, 6.45) is 8.66. The van der Waals surface area contributed by atoms with Gasteiger partial charge in [0, 0.05) is 11.7 Å². The first kappa shape index (κ1) is 13.9. The second-order valence-electron chi connectivity index (χ2n) is 5.71. The molecule has 0 spiro atoms. The molecule has 2 heterocycles. The van der Waals surface area contributed by atoms with Gasteiger partial charge >= 0.3 is 0 Å². The second kappa shape index (κ2) is 6.16. The Bertz CT molecular complexity index is 593. The lowest BCUT2D eigenvalue weighted by molar-refractivity contribution is 0.0933. The lowest BCUT2D eigenvalue weighted by atomic mass is 10.1. The summed E-state index contributed by atoms with van der Waals surface area (Å²) in [5.41, 5.74) is 1.95. The Hall–Kier alpha value is -2.04. The Kier molecular flexibility index (Phi) is 4.08. The zero-order chi connectivity index (χ0) is 14.7. The standard InChI is InChI=1S/C16H21N3O2/c1-11-14(15(19-18-11)13-9-6-10-21-13)16(20)17-12-7-4-2-3-5-8-12/h6,9-10,12H,2-5,7-8H2,1H3,(H,17,20)(H,18,19). The summed E-state index contributed by atoms with van der Waals surface area (Å²) in [5, 5.41) is 10.3. The van der Waals surface area contributed by atoms with Crippen molar-refractivity contribution in [2.75, 3.05) is 0 Å². The number of nitrogens with zero attached hydrogens (tertiary/aromatic N) is 1. The lowest BCUT2D eigenvalue weighted by Gasteiger charge is -2.16. The van der Waals surface area contributed by atoms with E-state index in [-0.39, 0.29) is 11.9 Å². The molecule has 1 saturated carbocycles. The third-order valence-electron chi connectivity index (χ3n) is 4.12. The fraction of sp³-hybridized carbons (Fsp3) is 0.500. The van der Waals surface area contributed by atoms with Crippen LogP contribution in [0.25, 0.3) is 11.5 Å². The SMILES string of the molecule is Cc1[nH]nc(-c2ccco2)c1C(=O)NC1CCCCCC1. The van der Waals surface area contributed by atoms with E-state index in [0.717, 1.165) is 18.5 Å². The fourth-order valence-corrected chi connectivity index (χ4v) is 2.98. The summed E-state index contributed by atoms with van der Waals surface area (Å²) in [7, 11) is 0. The number of furan rings is 1. The average molecular weight is 287 g/mol. The Labute approximate surface area is 124 Å². The van der Waals surface area contributed by atoms with Gasteiger partial charge in [-0.05, 0) is 31.9 Å². The van der Waals surface area contributed by atoms with Gasteiger partial charge in [-0.25, -0.2) is 0 Å². The highest BCUT2D eigenvalue weighted by Gasteiger charge is 2.23. The number of carbonyl (C=O) groups excluding carboxylic acids is 1. The van der Waals surface area contributed by atoms with Crippen LogP contribution in [0, 0.1) is 6.92 Å². The summed E-state index contributed by atoms with van der Waals surface area (Å²) >= 11 is 0. The normalized spacial score (nSPS) is 16.6. The van der Waals surface area contributed by atoms with Crippen LogP contribution in [0.15, 0.2) is 22.8 Å². The molecular weight excluding hydrogens is 266 g/mol. The third kappa shape index (κ3) is 3.01. The number of amides is 1. The summed E-state index contributed by atoms with van der Waals surface area (Å²) in [6.45, 7) is 1.86. The molecule has 1 amide bonds. The molecule has 5 heteroatoms. The number of nitrogens with one attached hydrogen (secondary N) is 2. The summed E-state index contributed by atoms with van der Waals surface area (Å²) in [5.74, 6) is 0.560. The van der Waals surface area contributed by atoms with Crippen molar-refractivity contribution in [1.82, 2.24) is 15.5 Å². The van der Waals surface area contributed by atoms with Gasteiger partial charge < -0.3 is 9.73 Å². The Morgan fingerprint density at radius 2 is 2.10 bits per heavy atom. The van der Waals surface area contributed by atoms with Crippen LogP contribution < -0.4 is 5.32 Å². The molecule has 1 fully saturated rings. The van der Waals surface area contributed by atoms with Crippen LogP contribution in [0.3, 0.4) is 0 Å². The first-order chi connectivity index (χ1) is 10.3. The average Bonchev–Trinajstić information content (AvgIpc) is 3.04. The minimum Gasteiger partial charge on any atom is -0.463 e. The van der Waals surface area contributed by atoms with Crippen molar-refractivity contribution in [2.24, 2.45) is 0 Å². The zero-order valence-corrected chi connectivity index (χ0v) is 12.3. The van der Waals surface area contributed by atoms with Gasteiger partial charge in [-0.15, -0.1) is 0 Å². The molecule has 2 aromatic rings. The number of hydrogen-bond acceptors (Lipinski definition) is 3. The first-order valence-electron chi connectivity index (χ1n) is 7.65. The van der Waals surface area contributed by atoms with Crippen molar-refractivity contribution in [3.63, 3.8) is 0 Å². The highest BCUT2D eigenvalue weighted by Crippen LogP contribution is 2.25. The van der Waals surface area contributed by atoms with Crippen molar-refractivity contribution in [1.29, 1.82) is 0 Å². The minimum atomic E-state index is -0.0560. The number of rotatable bonds is 3. The number of H-pyrrole nitrogens is 1. The Morgan fingerprint density at radius 3 is 2.76 bits per heavy atom. The fourth-order valence-electron chi connectivity index (χ4n) is 2.98. The van der Waals surface area contributed by atoms with Crippen molar-refractivity contribution < 1.29 is 9.21 Å². The molecule has 21 heavy (non-hydrogen) atoms. The van der Waals surface area contributed by atoms with Gasteiger partial charge in [0.05, 0.1) is 11.8 Å². The molecule has 0 radical (unpaired) electrons. The van der Waals surface area contributed by atoms with Crippen molar-refractivity contribution >= 4 is 5.91 Å². The van der Waals surface area contributed by atoms with E-state index in [0.29, 0.717) is 17.0 Å². The molecule has 0 unspecified atom stereocenters. The number of aromatic amines is 1. The predicted octanol–water partition coefficient (Wildman–Crippen LogP) is 3.43. The molecule has 1 aliphatic carbocycles. The number of hydrogen-bond donors (Lipinski definition) is 2. The van der Waals surface area contributed by atoms with Gasteiger partial charge in [-0.2, -0.15) is 5.10 Å². The summed E-state index contributed by atoms with van der Waals surface area (Å²) in [6, 6.07) is 3.89. The zero-order valence-electron chi connectivity index (χ0n) is 12.3. The Morgan fingerprint density at radius 1 is 1.33 bits per heavy atom. The number of carbonyl (C=O) groups is 1. The van der Waals surface area contributed by atoms with E-state index in [1.54, 1.807) is 12.3 Å². The monoisotopic (exact) mass is 287 g/mol. The maximum atomic E-state index is 12.6. The number of aryl methyl sites for hydroxylation is 1. The molecule has 0 aromatic carbocycles. The van der Waals surface area contributed by atoms with Crippen LogP contribution in [-0.4, -0.2) is 22.1 Å². The molecule has 3 rings (SSSR count). The Balaban J connectivity index is 1.79. The van der Waals surface area contributed by atoms with Gasteiger partial charge in [0.25, 0.3) is 5.91 Å². The van der Waals surface area contributed by atoms with Crippen LogP contribution in [-0.2, 0) is 0 Å². The van der Waals surface area contributed by atoms with E-state index >= 15 is 0 Å². The quantitative estimate of drug-likeness (QED) is 0.850. The predicted molar refractivity (Wildman–Crippen MR) is 80.0 cm³/mol. The lowest BCUT2D eigenvalue weighted by Crippen LogP contribution is -2.34. The van der Waals surface area contributed by atoms with E-state index in [1.165, 1.54) is 25.7 Å². The van der Waals surface area contributed by atoms with Crippen LogP contribution in [0.1, 0.15) is 54.6 Å². The van der Waals surface area contributed by atoms with Crippen LogP contribution >= 0.6 is 0 Å². The molecule has 0 aliphatic heterocycles. The molecule has 5 nitrogen and oxygen atoms in total. The maximum Gasteiger partial charge on any atom is 0.255 e. The second-order valence-corrected chi connectivity index (χ2v) is 5.71.